The zero-order chi connectivity index (χ0) is 42.6. The van der Waals surface area contributed by atoms with Crippen molar-refractivity contribution in [2.75, 3.05) is 33.3 Å². The Morgan fingerprint density at radius 2 is 1.25 bits per heavy atom. The Morgan fingerprint density at radius 3 is 1.82 bits per heavy atom. The molecule has 316 valence electrons. The summed E-state index contributed by atoms with van der Waals surface area (Å²) in [5.41, 5.74) is 7.11. The van der Waals surface area contributed by atoms with E-state index in [4.69, 9.17) is 14.7 Å². The molecule has 3 amide bonds. The minimum Gasteiger partial charge on any atom is -0.453 e. The number of hydrogen-bond acceptors (Lipinski definition) is 7. The average molecular weight is 821 g/mol. The lowest BCUT2D eigenvalue weighted by atomic mass is 9.98. The summed E-state index contributed by atoms with van der Waals surface area (Å²) in [4.78, 5) is 62.6. The highest BCUT2D eigenvalue weighted by molar-refractivity contribution is 5.91. The number of ether oxygens (including phenoxy) is 1. The molecule has 0 saturated carbocycles. The van der Waals surface area contributed by atoms with Gasteiger partial charge in [-0.2, -0.15) is 0 Å². The van der Waals surface area contributed by atoms with Gasteiger partial charge in [0.2, 0.25) is 11.8 Å². The van der Waals surface area contributed by atoms with Gasteiger partial charge < -0.3 is 29.8 Å². The third-order valence-electron chi connectivity index (χ3n) is 12.5. The third kappa shape index (κ3) is 8.54. The largest absolute Gasteiger partial charge is 0.453 e. The number of nitrogens with zero attached hydrogens (tertiary/aromatic N) is 5. The van der Waals surface area contributed by atoms with Crippen molar-refractivity contribution in [3.63, 3.8) is 0 Å². The molecule has 12 heteroatoms. The molecule has 2 aromatic heterocycles. The van der Waals surface area contributed by atoms with Crippen LogP contribution >= 0.6 is 0 Å². The zero-order valence-corrected chi connectivity index (χ0v) is 35.7. The van der Waals surface area contributed by atoms with Gasteiger partial charge in [0.05, 0.1) is 43.0 Å². The number of nitrogens with one attached hydrogen (secondary N) is 3. The van der Waals surface area contributed by atoms with E-state index in [9.17, 15) is 14.4 Å². The minimum absolute atomic E-state index is 0.0954. The fraction of sp³-hybridized carbons (Fsp3) is 0.367. The Bertz CT molecular complexity index is 2470. The van der Waals surface area contributed by atoms with E-state index >= 15 is 0 Å². The van der Waals surface area contributed by atoms with Gasteiger partial charge in [0, 0.05) is 18.7 Å². The van der Waals surface area contributed by atoms with Crippen molar-refractivity contribution in [3.8, 4) is 33.6 Å². The second-order valence-corrected chi connectivity index (χ2v) is 16.5. The summed E-state index contributed by atoms with van der Waals surface area (Å²) in [6.45, 7) is 11.0. The molecule has 3 N–H and O–H groups in total. The molecule has 0 radical (unpaired) electrons. The van der Waals surface area contributed by atoms with E-state index in [0.717, 1.165) is 107 Å². The molecular weight excluding hydrogens is 765 g/mol. The van der Waals surface area contributed by atoms with Crippen LogP contribution in [0.3, 0.4) is 0 Å². The molecule has 2 fully saturated rings. The van der Waals surface area contributed by atoms with Gasteiger partial charge in [-0.05, 0) is 89.8 Å². The number of alkyl carbamates (subject to hydrolysis) is 1. The maximum Gasteiger partial charge on any atom is 0.407 e. The standard InChI is InChI=1S/C49H56N8O4/c1-6-55(7-2)44(34-13-9-8-10-14-34)48(59)57-26-12-16-42(57)46-51-30-40(53-46)38-24-23-36-27-35(21-22-37(36)28-38)32-17-19-33(20-18-32)39-29-50-45(52-39)41-15-11-25-56(41)47(58)43(31(3)4)54-49(60)61-5/h8-10,13-14,17-24,27-31,41-44H,6-7,11-12,15-16,25-26H2,1-5H3,(H,50,52)(H,51,53)(H,54,60)/t41-,42?,43-,44?/m0/s1. The van der Waals surface area contributed by atoms with Crippen LogP contribution < -0.4 is 5.32 Å². The van der Waals surface area contributed by atoms with Gasteiger partial charge in [-0.15, -0.1) is 0 Å². The number of aromatic amines is 2. The Hall–Kier alpha value is -6.27. The minimum atomic E-state index is -0.679. The number of imidazole rings is 2. The van der Waals surface area contributed by atoms with Gasteiger partial charge in [0.25, 0.3) is 0 Å². The Labute approximate surface area is 357 Å². The predicted molar refractivity (Wildman–Crippen MR) is 238 cm³/mol. The van der Waals surface area contributed by atoms with Gasteiger partial charge in [0.15, 0.2) is 0 Å². The number of fused-ring (bicyclic) bond motifs is 1. The van der Waals surface area contributed by atoms with Crippen molar-refractivity contribution in [2.24, 2.45) is 5.92 Å². The summed E-state index contributed by atoms with van der Waals surface area (Å²) in [5.74, 6) is 1.48. The summed E-state index contributed by atoms with van der Waals surface area (Å²) in [6, 6.07) is 30.3. The molecule has 2 aliphatic rings. The first-order chi connectivity index (χ1) is 29.7. The lowest BCUT2D eigenvalue weighted by Gasteiger charge is -2.34. The summed E-state index contributed by atoms with van der Waals surface area (Å²) in [5, 5.41) is 4.97. The summed E-state index contributed by atoms with van der Waals surface area (Å²) >= 11 is 0. The number of rotatable bonds is 13. The Balaban J connectivity index is 0.947. The Kier molecular flexibility index (Phi) is 12.3. The number of aromatic nitrogens is 4. The van der Waals surface area contributed by atoms with Crippen molar-refractivity contribution in [2.45, 2.75) is 77.5 Å². The number of benzene rings is 4. The van der Waals surface area contributed by atoms with E-state index in [1.54, 1.807) is 0 Å². The van der Waals surface area contributed by atoms with Crippen LogP contribution in [0.25, 0.3) is 44.4 Å². The van der Waals surface area contributed by atoms with E-state index in [1.165, 1.54) is 7.11 Å². The van der Waals surface area contributed by atoms with Crippen LogP contribution in [0.4, 0.5) is 4.79 Å². The quantitative estimate of drug-likeness (QED) is 0.106. The lowest BCUT2D eigenvalue weighted by Crippen LogP contribution is -2.51. The topological polar surface area (TPSA) is 140 Å². The first-order valence-corrected chi connectivity index (χ1v) is 21.7. The van der Waals surface area contributed by atoms with Crippen LogP contribution in [-0.2, 0) is 14.3 Å². The molecule has 2 saturated heterocycles. The predicted octanol–water partition coefficient (Wildman–Crippen LogP) is 9.08. The van der Waals surface area contributed by atoms with E-state index in [0.29, 0.717) is 6.54 Å². The van der Waals surface area contributed by atoms with Gasteiger partial charge in [-0.1, -0.05) is 107 Å². The second kappa shape index (κ2) is 18.1. The first-order valence-electron chi connectivity index (χ1n) is 21.7. The molecule has 4 atom stereocenters. The van der Waals surface area contributed by atoms with Gasteiger partial charge >= 0.3 is 6.09 Å². The third-order valence-corrected chi connectivity index (χ3v) is 12.5. The zero-order valence-electron chi connectivity index (χ0n) is 35.7. The van der Waals surface area contributed by atoms with Gasteiger partial charge in [0.1, 0.15) is 23.7 Å². The van der Waals surface area contributed by atoms with E-state index in [2.05, 4.69) is 107 Å². The molecule has 4 aromatic carbocycles. The van der Waals surface area contributed by atoms with Crippen molar-refractivity contribution < 1.29 is 19.1 Å². The number of likely N-dealkylation sites (N-methyl/N-ethyl adjacent to an activating group) is 1. The molecule has 0 spiro atoms. The van der Waals surface area contributed by atoms with Crippen molar-refractivity contribution in [3.05, 3.63) is 121 Å². The molecule has 4 heterocycles. The highest BCUT2D eigenvalue weighted by Gasteiger charge is 2.39. The van der Waals surface area contributed by atoms with Crippen LogP contribution in [-0.4, -0.2) is 91.9 Å². The second-order valence-electron chi connectivity index (χ2n) is 16.5. The number of carbonyl (C=O) groups is 3. The van der Waals surface area contributed by atoms with Crippen molar-refractivity contribution in [1.29, 1.82) is 0 Å². The molecule has 6 aromatic rings. The highest BCUT2D eigenvalue weighted by atomic mass is 16.5. The highest BCUT2D eigenvalue weighted by Crippen LogP contribution is 2.37. The fourth-order valence-electron chi connectivity index (χ4n) is 9.14. The number of H-pyrrole nitrogens is 2. The molecule has 12 nitrogen and oxygen atoms in total. The summed E-state index contributed by atoms with van der Waals surface area (Å²) in [7, 11) is 1.30. The Morgan fingerprint density at radius 1 is 0.721 bits per heavy atom. The van der Waals surface area contributed by atoms with Crippen molar-refractivity contribution in [1.82, 2.24) is 40.0 Å². The maximum atomic E-state index is 14.3. The maximum absolute atomic E-state index is 14.3. The van der Waals surface area contributed by atoms with Crippen molar-refractivity contribution >= 4 is 28.7 Å². The number of likely N-dealkylation sites (tertiary alicyclic amines) is 2. The van der Waals surface area contributed by atoms with Crippen LogP contribution in [0.2, 0.25) is 0 Å². The number of hydrogen-bond donors (Lipinski definition) is 3. The molecule has 0 bridgehead atoms. The van der Waals surface area contributed by atoms with Crippen LogP contribution in [0.15, 0.2) is 103 Å². The lowest BCUT2D eigenvalue weighted by molar-refractivity contribution is -0.138. The van der Waals surface area contributed by atoms with Crippen LogP contribution in [0, 0.1) is 5.92 Å². The average Bonchev–Trinajstić information content (AvgIpc) is 4.14. The molecule has 8 rings (SSSR count). The molecular formula is C49H56N8O4. The summed E-state index contributed by atoms with van der Waals surface area (Å²) in [6.07, 6.45) is 6.58. The number of methoxy groups -OCH3 is 1. The van der Waals surface area contributed by atoms with Gasteiger partial charge in [-0.3, -0.25) is 14.5 Å². The molecule has 0 aliphatic carbocycles. The molecule has 2 unspecified atom stereocenters. The number of carbonyl (C=O) groups excluding carboxylic acids is 3. The molecule has 61 heavy (non-hydrogen) atoms. The normalized spacial score (nSPS) is 17.6. The SMILES string of the molecule is CCN(CC)C(C(=O)N1CCCC1c1ncc(-c2ccc3cc(-c4ccc(-c5cnc([C@@H]6CCCN6C(=O)[C@@H](NC(=O)OC)C(C)C)[nH]5)cc4)ccc3c2)[nH]1)c1ccccc1. The van der Waals surface area contributed by atoms with E-state index in [1.807, 2.05) is 54.2 Å². The van der Waals surface area contributed by atoms with E-state index < -0.39 is 12.1 Å². The molecule has 2 aliphatic heterocycles. The monoisotopic (exact) mass is 820 g/mol. The van der Waals surface area contributed by atoms with Gasteiger partial charge in [-0.25, -0.2) is 14.8 Å². The fourth-order valence-corrected chi connectivity index (χ4v) is 9.14. The van der Waals surface area contributed by atoms with Crippen LogP contribution in [0.1, 0.15) is 88.7 Å². The smallest absolute Gasteiger partial charge is 0.407 e. The number of amides is 3. The van der Waals surface area contributed by atoms with E-state index in [-0.39, 0.29) is 35.9 Å². The summed E-state index contributed by atoms with van der Waals surface area (Å²) < 4.78 is 4.78. The first kappa shape index (κ1) is 41.5. The van der Waals surface area contributed by atoms with Crippen LogP contribution in [0.5, 0.6) is 0 Å².